The molecular formula is C49H97NO3. The van der Waals surface area contributed by atoms with E-state index in [0.29, 0.717) is 6.42 Å². The van der Waals surface area contributed by atoms with Gasteiger partial charge in [-0.1, -0.05) is 264 Å². The van der Waals surface area contributed by atoms with Gasteiger partial charge in [0.05, 0.1) is 18.8 Å². The molecule has 4 heteroatoms. The van der Waals surface area contributed by atoms with Crippen LogP contribution in [-0.4, -0.2) is 34.9 Å². The van der Waals surface area contributed by atoms with Gasteiger partial charge in [0.1, 0.15) is 0 Å². The number of aliphatic hydroxyl groups excluding tert-OH is 2. The smallest absolute Gasteiger partial charge is 0.220 e. The Labute approximate surface area is 333 Å². The Hall–Kier alpha value is -0.870. The highest BCUT2D eigenvalue weighted by molar-refractivity contribution is 5.76. The highest BCUT2D eigenvalue weighted by atomic mass is 16.3. The van der Waals surface area contributed by atoms with Crippen molar-refractivity contribution in [2.75, 3.05) is 6.61 Å². The molecule has 0 rings (SSSR count). The number of hydrogen-bond acceptors (Lipinski definition) is 3. The van der Waals surface area contributed by atoms with E-state index in [9.17, 15) is 15.0 Å². The van der Waals surface area contributed by atoms with E-state index in [-0.39, 0.29) is 12.5 Å². The van der Waals surface area contributed by atoms with Crippen LogP contribution in [-0.2, 0) is 4.79 Å². The number of rotatable bonds is 45. The van der Waals surface area contributed by atoms with Crippen LogP contribution < -0.4 is 5.32 Å². The average Bonchev–Trinajstić information content (AvgIpc) is 3.16. The van der Waals surface area contributed by atoms with Crippen molar-refractivity contribution in [2.24, 2.45) is 0 Å². The van der Waals surface area contributed by atoms with Gasteiger partial charge in [0, 0.05) is 6.42 Å². The van der Waals surface area contributed by atoms with E-state index < -0.39 is 12.1 Å². The van der Waals surface area contributed by atoms with Gasteiger partial charge in [-0.25, -0.2) is 0 Å². The monoisotopic (exact) mass is 748 g/mol. The molecule has 0 heterocycles. The lowest BCUT2D eigenvalue weighted by Crippen LogP contribution is -2.45. The highest BCUT2D eigenvalue weighted by Crippen LogP contribution is 2.17. The molecular weight excluding hydrogens is 651 g/mol. The van der Waals surface area contributed by atoms with E-state index in [1.54, 1.807) is 6.08 Å². The van der Waals surface area contributed by atoms with Gasteiger partial charge in [0.25, 0.3) is 0 Å². The molecule has 0 radical (unpaired) electrons. The Bertz CT molecular complexity index is 725. The van der Waals surface area contributed by atoms with Crippen LogP contribution in [0.1, 0.15) is 277 Å². The number of carbonyl (C=O) groups excluding carboxylic acids is 1. The molecule has 0 aliphatic carbocycles. The minimum atomic E-state index is -0.832. The zero-order chi connectivity index (χ0) is 38.6. The van der Waals surface area contributed by atoms with Crippen LogP contribution in [0, 0.1) is 0 Å². The quantitative estimate of drug-likeness (QED) is 0.0429. The Morgan fingerprint density at radius 2 is 0.698 bits per heavy atom. The van der Waals surface area contributed by atoms with E-state index in [4.69, 9.17) is 0 Å². The number of unbranched alkanes of at least 4 members (excludes halogenated alkanes) is 38. The van der Waals surface area contributed by atoms with Crippen molar-refractivity contribution in [2.45, 2.75) is 289 Å². The third-order valence-corrected chi connectivity index (χ3v) is 11.5. The molecule has 0 saturated carbocycles. The summed E-state index contributed by atoms with van der Waals surface area (Å²) in [6.45, 7) is 4.31. The highest BCUT2D eigenvalue weighted by Gasteiger charge is 2.18. The summed E-state index contributed by atoms with van der Waals surface area (Å²) in [5.74, 6) is -0.0602. The lowest BCUT2D eigenvalue weighted by Gasteiger charge is -2.20. The first-order valence-corrected chi connectivity index (χ1v) is 24.4. The summed E-state index contributed by atoms with van der Waals surface area (Å²) in [4.78, 5) is 12.4. The van der Waals surface area contributed by atoms with Gasteiger partial charge in [-0.15, -0.1) is 0 Å². The molecule has 0 aromatic carbocycles. The van der Waals surface area contributed by atoms with Crippen molar-refractivity contribution < 1.29 is 15.0 Å². The maximum Gasteiger partial charge on any atom is 0.220 e. The standard InChI is InChI=1S/C49H97NO3/c1-3-5-7-9-11-13-15-16-17-18-19-20-21-22-23-24-25-26-27-28-29-30-31-32-33-34-35-37-39-41-43-45-49(53)50-47(46-51)48(52)44-42-40-38-36-14-12-10-8-6-4-2/h42,44,47-48,51-52H,3-41,43,45-46H2,1-2H3,(H,50,53)/b44-42+/t47-,48+/m0/s1. The van der Waals surface area contributed by atoms with Gasteiger partial charge < -0.3 is 15.5 Å². The normalized spacial score (nSPS) is 12.9. The molecule has 4 nitrogen and oxygen atoms in total. The third-order valence-electron chi connectivity index (χ3n) is 11.5. The van der Waals surface area contributed by atoms with Crippen LogP contribution in [0.25, 0.3) is 0 Å². The molecule has 0 aromatic rings. The lowest BCUT2D eigenvalue weighted by atomic mass is 10.0. The molecule has 0 bridgehead atoms. The summed E-state index contributed by atoms with van der Waals surface area (Å²) in [5.41, 5.74) is 0. The Morgan fingerprint density at radius 1 is 0.434 bits per heavy atom. The summed E-state index contributed by atoms with van der Waals surface area (Å²) in [6.07, 6.45) is 57.9. The van der Waals surface area contributed by atoms with E-state index in [1.807, 2.05) is 6.08 Å². The van der Waals surface area contributed by atoms with Crippen molar-refractivity contribution in [3.05, 3.63) is 12.2 Å². The summed E-state index contributed by atoms with van der Waals surface area (Å²) in [5, 5.41) is 22.9. The fraction of sp³-hybridized carbons (Fsp3) is 0.939. The van der Waals surface area contributed by atoms with Crippen LogP contribution in [0.2, 0.25) is 0 Å². The number of hydrogen-bond donors (Lipinski definition) is 3. The topological polar surface area (TPSA) is 69.6 Å². The fourth-order valence-electron chi connectivity index (χ4n) is 7.77. The second-order valence-electron chi connectivity index (χ2n) is 16.9. The maximum atomic E-state index is 12.4. The lowest BCUT2D eigenvalue weighted by molar-refractivity contribution is -0.123. The SMILES string of the molecule is CCCCCCCCCC/C=C/[C@@H](O)[C@H](CO)NC(=O)CCCCCCCCCCCCCCCCCCCCCCCCCCCCCCCCC. The van der Waals surface area contributed by atoms with Gasteiger partial charge in [-0.3, -0.25) is 4.79 Å². The molecule has 0 spiro atoms. The zero-order valence-electron chi connectivity index (χ0n) is 36.3. The van der Waals surface area contributed by atoms with Crippen molar-refractivity contribution in [3.63, 3.8) is 0 Å². The van der Waals surface area contributed by atoms with E-state index in [2.05, 4.69) is 19.2 Å². The summed E-state index contributed by atoms with van der Waals surface area (Å²) >= 11 is 0. The van der Waals surface area contributed by atoms with E-state index in [1.165, 1.54) is 231 Å². The number of allylic oxidation sites excluding steroid dienone is 1. The number of amides is 1. The van der Waals surface area contributed by atoms with Gasteiger partial charge in [-0.05, 0) is 19.3 Å². The molecule has 0 aliphatic rings. The number of nitrogens with one attached hydrogen (secondary N) is 1. The number of carbonyl (C=O) groups is 1. The first-order valence-electron chi connectivity index (χ1n) is 24.4. The molecule has 0 aliphatic heterocycles. The predicted octanol–water partition coefficient (Wildman–Crippen LogP) is 15.4. The molecule has 2 atom stereocenters. The first-order chi connectivity index (χ1) is 26.2. The molecule has 3 N–H and O–H groups in total. The van der Waals surface area contributed by atoms with Crippen molar-refractivity contribution in [1.29, 1.82) is 0 Å². The van der Waals surface area contributed by atoms with Crippen LogP contribution in [0.4, 0.5) is 0 Å². The van der Waals surface area contributed by atoms with E-state index in [0.717, 1.165) is 25.7 Å². The van der Waals surface area contributed by atoms with Crippen molar-refractivity contribution in [1.82, 2.24) is 5.32 Å². The predicted molar refractivity (Wildman–Crippen MR) is 235 cm³/mol. The number of aliphatic hydroxyl groups is 2. The molecule has 0 fully saturated rings. The average molecular weight is 748 g/mol. The van der Waals surface area contributed by atoms with Gasteiger partial charge in [0.2, 0.25) is 5.91 Å². The second-order valence-corrected chi connectivity index (χ2v) is 16.9. The van der Waals surface area contributed by atoms with Crippen LogP contribution in [0.15, 0.2) is 12.2 Å². The Kier molecular flexibility index (Phi) is 44.8. The molecule has 1 amide bonds. The van der Waals surface area contributed by atoms with E-state index >= 15 is 0 Å². The molecule has 316 valence electrons. The van der Waals surface area contributed by atoms with Crippen LogP contribution in [0.3, 0.4) is 0 Å². The molecule has 53 heavy (non-hydrogen) atoms. The van der Waals surface area contributed by atoms with Gasteiger partial charge in [-0.2, -0.15) is 0 Å². The first kappa shape index (κ1) is 52.1. The summed E-state index contributed by atoms with van der Waals surface area (Å²) < 4.78 is 0. The van der Waals surface area contributed by atoms with Crippen molar-refractivity contribution >= 4 is 5.91 Å². The maximum absolute atomic E-state index is 12.4. The molecule has 0 aromatic heterocycles. The summed E-state index contributed by atoms with van der Waals surface area (Å²) in [7, 11) is 0. The Morgan fingerprint density at radius 3 is 0.981 bits per heavy atom. The minimum Gasteiger partial charge on any atom is -0.394 e. The van der Waals surface area contributed by atoms with Crippen LogP contribution >= 0.6 is 0 Å². The van der Waals surface area contributed by atoms with Crippen molar-refractivity contribution in [3.8, 4) is 0 Å². The zero-order valence-corrected chi connectivity index (χ0v) is 36.3. The largest absolute Gasteiger partial charge is 0.394 e. The molecule has 0 unspecified atom stereocenters. The summed E-state index contributed by atoms with van der Waals surface area (Å²) in [6, 6.07) is -0.615. The Balaban J connectivity index is 3.37. The van der Waals surface area contributed by atoms with Gasteiger partial charge >= 0.3 is 0 Å². The second kappa shape index (κ2) is 45.5. The fourth-order valence-corrected chi connectivity index (χ4v) is 7.77. The minimum absolute atomic E-state index is 0.0602. The van der Waals surface area contributed by atoms with Gasteiger partial charge in [0.15, 0.2) is 0 Å². The van der Waals surface area contributed by atoms with Crippen LogP contribution in [0.5, 0.6) is 0 Å². The molecule has 0 saturated heterocycles. The third kappa shape index (κ3) is 42.1.